The molecule has 4 rings (SSSR count). The number of nitrogens with one attached hydrogen (secondary N) is 1. The van der Waals surface area contributed by atoms with E-state index in [0.29, 0.717) is 10.7 Å². The predicted molar refractivity (Wildman–Crippen MR) is 123 cm³/mol. The second-order valence-electron chi connectivity index (χ2n) is 7.90. The monoisotopic (exact) mass is 503 g/mol. The number of aromatic nitrogens is 1. The molecule has 1 aliphatic rings. The van der Waals surface area contributed by atoms with Crippen molar-refractivity contribution < 1.29 is 27.1 Å². The highest BCUT2D eigenvalue weighted by Gasteiger charge is 2.40. The summed E-state index contributed by atoms with van der Waals surface area (Å²) in [6, 6.07) is 9.79. The molecule has 0 atom stereocenters. The summed E-state index contributed by atoms with van der Waals surface area (Å²) in [7, 11) is -4.04. The van der Waals surface area contributed by atoms with Gasteiger partial charge in [-0.2, -0.15) is 0 Å². The highest BCUT2D eigenvalue weighted by Crippen LogP contribution is 2.35. The van der Waals surface area contributed by atoms with Crippen molar-refractivity contribution >= 4 is 39.1 Å². The molecular formula is C23H19ClFN3O5S. The summed E-state index contributed by atoms with van der Waals surface area (Å²) in [5, 5.41) is 0.364. The van der Waals surface area contributed by atoms with Gasteiger partial charge >= 0.3 is 0 Å². The summed E-state index contributed by atoms with van der Waals surface area (Å²) in [5.41, 5.74) is 0.416. The zero-order valence-corrected chi connectivity index (χ0v) is 19.9. The maximum Gasteiger partial charge on any atom is 0.267 e. The van der Waals surface area contributed by atoms with Gasteiger partial charge in [0.1, 0.15) is 17.1 Å². The average molecular weight is 504 g/mol. The average Bonchev–Trinajstić information content (AvgIpc) is 2.97. The van der Waals surface area contributed by atoms with Crippen LogP contribution in [0, 0.1) is 12.7 Å². The molecule has 11 heteroatoms. The van der Waals surface area contributed by atoms with Gasteiger partial charge in [0.2, 0.25) is 5.88 Å². The minimum atomic E-state index is -4.04. The van der Waals surface area contributed by atoms with Crippen LogP contribution in [0.25, 0.3) is 0 Å². The molecule has 2 amide bonds. The molecule has 8 nitrogen and oxygen atoms in total. The van der Waals surface area contributed by atoms with E-state index in [2.05, 4.69) is 9.71 Å². The number of ether oxygens (including phenoxy) is 1. The molecule has 2 heterocycles. The number of nitrogens with zero attached hydrogens (tertiary/aromatic N) is 2. The first-order chi connectivity index (χ1) is 16.0. The van der Waals surface area contributed by atoms with Gasteiger partial charge in [-0.1, -0.05) is 11.6 Å². The Balaban J connectivity index is 1.69. The van der Waals surface area contributed by atoms with E-state index in [9.17, 15) is 22.4 Å². The molecule has 176 valence electrons. The van der Waals surface area contributed by atoms with Crippen molar-refractivity contribution in [2.45, 2.75) is 31.7 Å². The van der Waals surface area contributed by atoms with Gasteiger partial charge < -0.3 is 4.74 Å². The molecule has 2 aromatic carbocycles. The zero-order valence-electron chi connectivity index (χ0n) is 18.3. The van der Waals surface area contributed by atoms with Gasteiger partial charge in [-0.3, -0.25) is 19.2 Å². The fourth-order valence-electron chi connectivity index (χ4n) is 3.53. The van der Waals surface area contributed by atoms with Gasteiger partial charge in [0, 0.05) is 28.9 Å². The molecule has 0 radical (unpaired) electrons. The molecule has 1 aliphatic heterocycles. The van der Waals surface area contributed by atoms with Crippen LogP contribution in [-0.4, -0.2) is 36.2 Å². The highest BCUT2D eigenvalue weighted by molar-refractivity contribution is 7.92. The smallest absolute Gasteiger partial charge is 0.267 e. The Morgan fingerprint density at radius 2 is 1.74 bits per heavy atom. The first-order valence-corrected chi connectivity index (χ1v) is 12.0. The topological polar surface area (TPSA) is 106 Å². The lowest BCUT2D eigenvalue weighted by molar-refractivity contribution is 0.0608. The van der Waals surface area contributed by atoms with Crippen molar-refractivity contribution in [3.8, 4) is 11.6 Å². The van der Waals surface area contributed by atoms with E-state index in [1.807, 2.05) is 0 Å². The van der Waals surface area contributed by atoms with Gasteiger partial charge in [0.15, 0.2) is 0 Å². The molecular weight excluding hydrogens is 485 g/mol. The summed E-state index contributed by atoms with van der Waals surface area (Å²) >= 11 is 5.80. The lowest BCUT2D eigenvalue weighted by Crippen LogP contribution is -2.36. The number of imide groups is 1. The Hall–Kier alpha value is -3.50. The SMILES string of the molecule is Cc1cc2c(c(Oc3cc(F)cc(NS(=O)(=O)c4ccc(Cl)cc4)c3)n1)C(=O)N(C(C)C)C2=O. The summed E-state index contributed by atoms with van der Waals surface area (Å²) in [5.74, 6) is -2.12. The van der Waals surface area contributed by atoms with E-state index in [0.717, 1.165) is 17.0 Å². The van der Waals surface area contributed by atoms with Gasteiger partial charge in [0.05, 0.1) is 16.1 Å². The first kappa shape index (κ1) is 23.7. The van der Waals surface area contributed by atoms with E-state index in [1.54, 1.807) is 20.8 Å². The Labute approximate surface area is 200 Å². The molecule has 34 heavy (non-hydrogen) atoms. The number of fused-ring (bicyclic) bond motifs is 1. The summed E-state index contributed by atoms with van der Waals surface area (Å²) in [4.78, 5) is 30.8. The van der Waals surface area contributed by atoms with Crippen LogP contribution in [0.3, 0.4) is 0 Å². The zero-order chi connectivity index (χ0) is 24.8. The third-order valence-electron chi connectivity index (χ3n) is 4.97. The number of hydrogen-bond donors (Lipinski definition) is 1. The van der Waals surface area contributed by atoms with Crippen molar-refractivity contribution in [2.75, 3.05) is 4.72 Å². The third-order valence-corrected chi connectivity index (χ3v) is 6.62. The number of rotatable bonds is 6. The Bertz CT molecular complexity index is 1430. The predicted octanol–water partition coefficient (Wildman–Crippen LogP) is 4.78. The number of sulfonamides is 1. The fourth-order valence-corrected chi connectivity index (χ4v) is 4.69. The number of hydrogen-bond acceptors (Lipinski definition) is 6. The van der Waals surface area contributed by atoms with Crippen molar-refractivity contribution in [2.24, 2.45) is 0 Å². The Morgan fingerprint density at radius 3 is 2.38 bits per heavy atom. The van der Waals surface area contributed by atoms with Crippen LogP contribution in [0.2, 0.25) is 5.02 Å². The van der Waals surface area contributed by atoms with Crippen molar-refractivity contribution in [1.29, 1.82) is 0 Å². The number of pyridine rings is 1. The Morgan fingerprint density at radius 1 is 1.06 bits per heavy atom. The molecule has 0 aliphatic carbocycles. The highest BCUT2D eigenvalue weighted by atomic mass is 35.5. The third kappa shape index (κ3) is 4.46. The van der Waals surface area contributed by atoms with E-state index in [1.165, 1.54) is 36.4 Å². The number of aryl methyl sites for hydroxylation is 1. The summed E-state index contributed by atoms with van der Waals surface area (Å²) in [6.45, 7) is 5.03. The molecule has 0 unspecified atom stereocenters. The van der Waals surface area contributed by atoms with Gasteiger partial charge in [-0.25, -0.2) is 17.8 Å². The lowest BCUT2D eigenvalue weighted by atomic mass is 10.1. The molecule has 3 aromatic rings. The lowest BCUT2D eigenvalue weighted by Gasteiger charge is -2.17. The largest absolute Gasteiger partial charge is 0.438 e. The van der Waals surface area contributed by atoms with Crippen LogP contribution in [0.4, 0.5) is 10.1 Å². The molecule has 1 N–H and O–H groups in total. The molecule has 0 bridgehead atoms. The normalized spacial score (nSPS) is 13.4. The van der Waals surface area contributed by atoms with Crippen LogP contribution >= 0.6 is 11.6 Å². The molecule has 0 spiro atoms. The maximum atomic E-state index is 14.3. The minimum absolute atomic E-state index is 0.0307. The van der Waals surface area contributed by atoms with Gasteiger partial charge in [-0.15, -0.1) is 0 Å². The number of carbonyl (C=O) groups is 2. The van der Waals surface area contributed by atoms with Crippen molar-refractivity contribution in [3.05, 3.63) is 76.2 Å². The van der Waals surface area contributed by atoms with E-state index >= 15 is 0 Å². The van der Waals surface area contributed by atoms with Crippen LogP contribution in [-0.2, 0) is 10.0 Å². The maximum absolute atomic E-state index is 14.3. The standard InChI is InChI=1S/C23H19ClFN3O5S/c1-12(2)28-22(29)19-8-13(3)26-21(20(19)23(28)30)33-17-10-15(25)9-16(11-17)27-34(31,32)18-6-4-14(24)5-7-18/h4-12,27H,1-3H3. The second-order valence-corrected chi connectivity index (χ2v) is 10.0. The van der Waals surface area contributed by atoms with E-state index in [4.69, 9.17) is 16.3 Å². The minimum Gasteiger partial charge on any atom is -0.438 e. The fraction of sp³-hybridized carbons (Fsp3) is 0.174. The second kappa shape index (κ2) is 8.69. The summed E-state index contributed by atoms with van der Waals surface area (Å²) < 4.78 is 47.6. The molecule has 1 aromatic heterocycles. The number of halogens is 2. The van der Waals surface area contributed by atoms with Gasteiger partial charge in [-0.05, 0) is 57.2 Å². The van der Waals surface area contributed by atoms with Gasteiger partial charge in [0.25, 0.3) is 21.8 Å². The number of anilines is 1. The molecule has 0 saturated heterocycles. The van der Waals surface area contributed by atoms with Crippen molar-refractivity contribution in [3.63, 3.8) is 0 Å². The molecule has 0 fully saturated rings. The van der Waals surface area contributed by atoms with Crippen LogP contribution < -0.4 is 9.46 Å². The first-order valence-electron chi connectivity index (χ1n) is 10.1. The number of amides is 2. The molecule has 0 saturated carbocycles. The van der Waals surface area contributed by atoms with E-state index < -0.39 is 27.7 Å². The Kier molecular flexibility index (Phi) is 6.05. The number of benzene rings is 2. The van der Waals surface area contributed by atoms with Crippen LogP contribution in [0.5, 0.6) is 11.6 Å². The van der Waals surface area contributed by atoms with Crippen LogP contribution in [0.15, 0.2) is 53.4 Å². The summed E-state index contributed by atoms with van der Waals surface area (Å²) in [6.07, 6.45) is 0. The van der Waals surface area contributed by atoms with Crippen LogP contribution in [0.1, 0.15) is 40.3 Å². The van der Waals surface area contributed by atoms with Crippen molar-refractivity contribution in [1.82, 2.24) is 9.88 Å². The van der Waals surface area contributed by atoms with E-state index in [-0.39, 0.29) is 39.4 Å². The quantitative estimate of drug-likeness (QED) is 0.485. The number of carbonyl (C=O) groups excluding carboxylic acids is 2.